The Bertz CT molecular complexity index is 105. The highest BCUT2D eigenvalue weighted by Gasteiger charge is 1.81. The lowest BCUT2D eigenvalue weighted by atomic mass is 10.5. The maximum Gasteiger partial charge on any atom is 0.0846 e. The summed E-state index contributed by atoms with van der Waals surface area (Å²) in [5.41, 5.74) is 0. The van der Waals surface area contributed by atoms with E-state index in [1.54, 1.807) is 13.4 Å². The Hall–Kier alpha value is -0.790. The van der Waals surface area contributed by atoms with E-state index in [0.717, 1.165) is 6.54 Å². The Labute approximate surface area is 56.9 Å². The number of aliphatic imine (C=N–C) groups is 1. The Balaban J connectivity index is 3.37. The summed E-state index contributed by atoms with van der Waals surface area (Å²) < 4.78 is 0. The largest absolute Gasteiger partial charge is 0.362 e. The van der Waals surface area contributed by atoms with E-state index in [1.807, 2.05) is 24.9 Å². The summed E-state index contributed by atoms with van der Waals surface area (Å²) in [4.78, 5) is 5.87. The predicted octanol–water partition coefficient (Wildman–Crippen LogP) is 1.15. The van der Waals surface area contributed by atoms with Crippen LogP contribution in [0.25, 0.3) is 0 Å². The van der Waals surface area contributed by atoms with Gasteiger partial charge in [-0.1, -0.05) is 12.2 Å². The number of nitrogens with zero attached hydrogens (tertiary/aromatic N) is 2. The molecule has 2 heteroatoms. The normalized spacial score (nSPS) is 11.4. The highest BCUT2D eigenvalue weighted by molar-refractivity contribution is 5.54. The van der Waals surface area contributed by atoms with Crippen molar-refractivity contribution in [2.75, 3.05) is 20.6 Å². The van der Waals surface area contributed by atoms with Gasteiger partial charge >= 0.3 is 0 Å². The SMILES string of the molecule is C/C=C/CN(C)/C=N\C. The lowest BCUT2D eigenvalue weighted by Gasteiger charge is -2.07. The summed E-state index contributed by atoms with van der Waals surface area (Å²) in [6, 6.07) is 0. The van der Waals surface area contributed by atoms with Crippen LogP contribution in [0.5, 0.6) is 0 Å². The zero-order valence-electron chi connectivity index (χ0n) is 6.33. The van der Waals surface area contributed by atoms with Crippen LogP contribution in [0.2, 0.25) is 0 Å². The molecule has 0 aliphatic rings. The van der Waals surface area contributed by atoms with Gasteiger partial charge in [-0.3, -0.25) is 4.99 Å². The lowest BCUT2D eigenvalue weighted by molar-refractivity contribution is 0.580. The second kappa shape index (κ2) is 5.35. The fourth-order valence-electron chi connectivity index (χ4n) is 0.516. The van der Waals surface area contributed by atoms with Crippen LogP contribution in [0.3, 0.4) is 0 Å². The van der Waals surface area contributed by atoms with Crippen molar-refractivity contribution in [3.8, 4) is 0 Å². The zero-order chi connectivity index (χ0) is 7.11. The first-order chi connectivity index (χ1) is 4.31. The molecule has 0 fully saturated rings. The summed E-state index contributed by atoms with van der Waals surface area (Å²) in [6.07, 6.45) is 5.92. The number of hydrogen-bond acceptors (Lipinski definition) is 1. The van der Waals surface area contributed by atoms with Gasteiger partial charge in [0.05, 0.1) is 6.34 Å². The van der Waals surface area contributed by atoms with Gasteiger partial charge in [0.1, 0.15) is 0 Å². The Morgan fingerprint density at radius 1 is 1.56 bits per heavy atom. The molecule has 0 aromatic rings. The van der Waals surface area contributed by atoms with Crippen LogP contribution in [-0.4, -0.2) is 31.9 Å². The van der Waals surface area contributed by atoms with Crippen molar-refractivity contribution in [1.82, 2.24) is 4.90 Å². The van der Waals surface area contributed by atoms with Crippen LogP contribution in [-0.2, 0) is 0 Å². The molecule has 0 heterocycles. The van der Waals surface area contributed by atoms with Gasteiger partial charge in [0.25, 0.3) is 0 Å². The molecule has 0 saturated carbocycles. The summed E-state index contributed by atoms with van der Waals surface area (Å²) in [5.74, 6) is 0. The minimum Gasteiger partial charge on any atom is -0.362 e. The van der Waals surface area contributed by atoms with Crippen LogP contribution in [0.1, 0.15) is 6.92 Å². The van der Waals surface area contributed by atoms with Gasteiger partial charge < -0.3 is 4.90 Å². The van der Waals surface area contributed by atoms with Crippen molar-refractivity contribution in [3.63, 3.8) is 0 Å². The minimum atomic E-state index is 0.938. The number of rotatable bonds is 3. The number of hydrogen-bond donors (Lipinski definition) is 0. The van der Waals surface area contributed by atoms with Crippen molar-refractivity contribution in [2.24, 2.45) is 4.99 Å². The van der Waals surface area contributed by atoms with E-state index in [4.69, 9.17) is 0 Å². The average molecular weight is 126 g/mol. The third-order valence-corrected chi connectivity index (χ3v) is 0.942. The van der Waals surface area contributed by atoms with Gasteiger partial charge in [0.2, 0.25) is 0 Å². The molecule has 0 rings (SSSR count). The summed E-state index contributed by atoms with van der Waals surface area (Å²) >= 11 is 0. The van der Waals surface area contributed by atoms with Crippen molar-refractivity contribution in [2.45, 2.75) is 6.92 Å². The third-order valence-electron chi connectivity index (χ3n) is 0.942. The van der Waals surface area contributed by atoms with Crippen LogP contribution >= 0.6 is 0 Å². The predicted molar refractivity (Wildman–Crippen MR) is 41.9 cm³/mol. The fourth-order valence-corrected chi connectivity index (χ4v) is 0.516. The molecular weight excluding hydrogens is 112 g/mol. The third kappa shape index (κ3) is 5.07. The molecule has 9 heavy (non-hydrogen) atoms. The van der Waals surface area contributed by atoms with Crippen LogP contribution < -0.4 is 0 Å². The van der Waals surface area contributed by atoms with Crippen molar-refractivity contribution >= 4 is 6.34 Å². The van der Waals surface area contributed by atoms with Gasteiger partial charge in [-0.15, -0.1) is 0 Å². The maximum absolute atomic E-state index is 3.86. The molecule has 0 saturated heterocycles. The van der Waals surface area contributed by atoms with Crippen molar-refractivity contribution in [1.29, 1.82) is 0 Å². The first kappa shape index (κ1) is 8.21. The summed E-state index contributed by atoms with van der Waals surface area (Å²) in [6.45, 7) is 2.95. The smallest absolute Gasteiger partial charge is 0.0846 e. The molecule has 0 aromatic carbocycles. The van der Waals surface area contributed by atoms with Gasteiger partial charge in [-0.25, -0.2) is 0 Å². The van der Waals surface area contributed by atoms with Gasteiger partial charge in [-0.2, -0.15) is 0 Å². The molecule has 0 aromatic heterocycles. The highest BCUT2D eigenvalue weighted by atomic mass is 15.1. The summed E-state index contributed by atoms with van der Waals surface area (Å²) in [5, 5.41) is 0. The van der Waals surface area contributed by atoms with Gasteiger partial charge in [-0.05, 0) is 6.92 Å². The van der Waals surface area contributed by atoms with Crippen LogP contribution in [0.15, 0.2) is 17.1 Å². The van der Waals surface area contributed by atoms with E-state index >= 15 is 0 Å². The second-order valence-electron chi connectivity index (χ2n) is 1.88. The molecule has 0 unspecified atom stereocenters. The fraction of sp³-hybridized carbons (Fsp3) is 0.571. The number of likely N-dealkylation sites (N-methyl/N-ethyl adjacent to an activating group) is 1. The molecule has 0 N–H and O–H groups in total. The first-order valence-electron chi connectivity index (χ1n) is 3.05. The summed E-state index contributed by atoms with van der Waals surface area (Å²) in [7, 11) is 3.76. The zero-order valence-corrected chi connectivity index (χ0v) is 6.33. The molecular formula is C7H14N2. The van der Waals surface area contributed by atoms with Crippen LogP contribution in [0, 0.1) is 0 Å². The Morgan fingerprint density at radius 3 is 2.67 bits per heavy atom. The average Bonchev–Trinajstić information content (AvgIpc) is 1.85. The molecule has 0 spiro atoms. The molecule has 0 bridgehead atoms. The number of allylic oxidation sites excluding steroid dienone is 1. The van der Waals surface area contributed by atoms with E-state index in [2.05, 4.69) is 11.1 Å². The molecule has 0 amide bonds. The van der Waals surface area contributed by atoms with E-state index in [1.165, 1.54) is 0 Å². The lowest BCUT2D eigenvalue weighted by Crippen LogP contribution is -2.15. The van der Waals surface area contributed by atoms with Crippen LogP contribution in [0.4, 0.5) is 0 Å². The topological polar surface area (TPSA) is 15.6 Å². The minimum absolute atomic E-state index is 0.938. The standard InChI is InChI=1S/C7H14N2/c1-4-5-6-9(3)7-8-2/h4-5,7H,6H2,1-3H3/b5-4+,8-7-. The monoisotopic (exact) mass is 126 g/mol. The second-order valence-corrected chi connectivity index (χ2v) is 1.88. The van der Waals surface area contributed by atoms with E-state index in [-0.39, 0.29) is 0 Å². The molecule has 0 radical (unpaired) electrons. The quantitative estimate of drug-likeness (QED) is 0.314. The molecule has 0 aliphatic carbocycles. The Kier molecular flexibility index (Phi) is 4.88. The maximum atomic E-state index is 3.86. The van der Waals surface area contributed by atoms with Gasteiger partial charge in [0, 0.05) is 20.6 Å². The Morgan fingerprint density at radius 2 is 2.22 bits per heavy atom. The molecule has 52 valence electrons. The van der Waals surface area contributed by atoms with E-state index in [0.29, 0.717) is 0 Å². The first-order valence-corrected chi connectivity index (χ1v) is 3.05. The molecule has 0 atom stereocenters. The van der Waals surface area contributed by atoms with E-state index in [9.17, 15) is 0 Å². The molecule has 0 aliphatic heterocycles. The van der Waals surface area contributed by atoms with E-state index < -0.39 is 0 Å². The van der Waals surface area contributed by atoms with Gasteiger partial charge in [0.15, 0.2) is 0 Å². The molecule has 2 nitrogen and oxygen atoms in total. The van der Waals surface area contributed by atoms with Crippen molar-refractivity contribution < 1.29 is 0 Å². The highest BCUT2D eigenvalue weighted by Crippen LogP contribution is 1.77. The van der Waals surface area contributed by atoms with Crippen molar-refractivity contribution in [3.05, 3.63) is 12.2 Å².